The molecular weight excluding hydrogens is 240 g/mol. The molecule has 0 aliphatic carbocycles. The number of amides is 1. The van der Waals surface area contributed by atoms with Crippen LogP contribution in [-0.2, 0) is 0 Å². The van der Waals surface area contributed by atoms with Gasteiger partial charge < -0.3 is 10.4 Å². The number of aliphatic hydroxyl groups is 1. The molecule has 1 amide bonds. The van der Waals surface area contributed by atoms with Crippen molar-refractivity contribution in [3.63, 3.8) is 0 Å². The van der Waals surface area contributed by atoms with Crippen LogP contribution in [0.3, 0.4) is 0 Å². The van der Waals surface area contributed by atoms with Gasteiger partial charge in [0.15, 0.2) is 0 Å². The van der Waals surface area contributed by atoms with Crippen molar-refractivity contribution < 1.29 is 18.7 Å². The minimum atomic E-state index is -0.911. The molecule has 18 heavy (non-hydrogen) atoms. The average molecular weight is 257 g/mol. The Morgan fingerprint density at radius 3 is 2.17 bits per heavy atom. The second kappa shape index (κ2) is 5.91. The monoisotopic (exact) mass is 257 g/mol. The van der Waals surface area contributed by atoms with E-state index < -0.39 is 28.6 Å². The Labute approximate surface area is 105 Å². The molecule has 1 aromatic rings. The van der Waals surface area contributed by atoms with Gasteiger partial charge in [0, 0.05) is 0 Å². The Kier molecular flexibility index (Phi) is 4.78. The lowest BCUT2D eigenvalue weighted by atomic mass is 9.93. The number of nitrogens with one attached hydrogen (secondary N) is 1. The molecule has 0 unspecified atom stereocenters. The van der Waals surface area contributed by atoms with E-state index in [1.54, 1.807) is 13.8 Å². The van der Waals surface area contributed by atoms with Crippen LogP contribution in [0.5, 0.6) is 0 Å². The summed E-state index contributed by atoms with van der Waals surface area (Å²) in [5, 5.41) is 11.8. The third kappa shape index (κ3) is 2.85. The predicted molar refractivity (Wildman–Crippen MR) is 64.2 cm³/mol. The first-order valence-electron chi connectivity index (χ1n) is 5.87. The van der Waals surface area contributed by atoms with Crippen LogP contribution in [0.4, 0.5) is 8.78 Å². The molecule has 5 heteroatoms. The van der Waals surface area contributed by atoms with E-state index in [9.17, 15) is 18.7 Å². The van der Waals surface area contributed by atoms with Gasteiger partial charge in [-0.25, -0.2) is 8.78 Å². The lowest BCUT2D eigenvalue weighted by Gasteiger charge is -2.30. The molecule has 0 bridgehead atoms. The van der Waals surface area contributed by atoms with Crippen LogP contribution in [0, 0.1) is 11.6 Å². The normalized spacial score (nSPS) is 11.4. The van der Waals surface area contributed by atoms with Crippen molar-refractivity contribution in [2.45, 2.75) is 32.2 Å². The van der Waals surface area contributed by atoms with Crippen molar-refractivity contribution in [2.24, 2.45) is 0 Å². The fourth-order valence-corrected chi connectivity index (χ4v) is 1.71. The van der Waals surface area contributed by atoms with Crippen LogP contribution in [0.25, 0.3) is 0 Å². The molecule has 0 aliphatic rings. The summed E-state index contributed by atoms with van der Waals surface area (Å²) < 4.78 is 26.8. The lowest BCUT2D eigenvalue weighted by Crippen LogP contribution is -2.50. The molecule has 0 aliphatic heterocycles. The summed E-state index contributed by atoms with van der Waals surface area (Å²) in [6.07, 6.45) is 0.948. The number of rotatable bonds is 5. The third-order valence-electron chi connectivity index (χ3n) is 3.22. The van der Waals surface area contributed by atoms with E-state index in [1.165, 1.54) is 6.07 Å². The molecule has 2 N–H and O–H groups in total. The lowest BCUT2D eigenvalue weighted by molar-refractivity contribution is 0.0809. The highest BCUT2D eigenvalue weighted by Gasteiger charge is 2.29. The van der Waals surface area contributed by atoms with Gasteiger partial charge in [0.05, 0.1) is 12.1 Å². The van der Waals surface area contributed by atoms with Gasteiger partial charge in [-0.15, -0.1) is 0 Å². The van der Waals surface area contributed by atoms with Crippen molar-refractivity contribution in [3.05, 3.63) is 35.4 Å². The largest absolute Gasteiger partial charge is 0.394 e. The van der Waals surface area contributed by atoms with Crippen LogP contribution in [0.15, 0.2) is 18.2 Å². The first kappa shape index (κ1) is 14.6. The molecule has 0 atom stereocenters. The first-order chi connectivity index (χ1) is 8.49. The van der Waals surface area contributed by atoms with Gasteiger partial charge in [0.2, 0.25) is 0 Å². The highest BCUT2D eigenvalue weighted by molar-refractivity contribution is 5.95. The molecule has 0 saturated carbocycles. The van der Waals surface area contributed by atoms with Crippen LogP contribution < -0.4 is 5.32 Å². The summed E-state index contributed by atoms with van der Waals surface area (Å²) >= 11 is 0. The summed E-state index contributed by atoms with van der Waals surface area (Å²) in [6.45, 7) is 3.30. The Balaban J connectivity index is 3.02. The van der Waals surface area contributed by atoms with Crippen molar-refractivity contribution in [2.75, 3.05) is 6.61 Å². The molecule has 1 aromatic carbocycles. The van der Waals surface area contributed by atoms with Crippen molar-refractivity contribution in [3.8, 4) is 0 Å². The summed E-state index contributed by atoms with van der Waals surface area (Å²) in [5.74, 6) is -2.67. The zero-order chi connectivity index (χ0) is 13.8. The molecular formula is C13H17F2NO2. The summed E-state index contributed by atoms with van der Waals surface area (Å²) in [7, 11) is 0. The fraction of sp³-hybridized carbons (Fsp3) is 0.462. The van der Waals surface area contributed by atoms with Gasteiger partial charge in [-0.1, -0.05) is 19.9 Å². The molecule has 1 rings (SSSR count). The predicted octanol–water partition coefficient (Wildman–Crippen LogP) is 2.25. The minimum Gasteiger partial charge on any atom is -0.394 e. The Bertz CT molecular complexity index is 402. The van der Waals surface area contributed by atoms with E-state index in [-0.39, 0.29) is 6.61 Å². The van der Waals surface area contributed by atoms with Crippen molar-refractivity contribution in [1.82, 2.24) is 5.32 Å². The van der Waals surface area contributed by atoms with E-state index in [0.717, 1.165) is 12.1 Å². The maximum atomic E-state index is 13.4. The van der Waals surface area contributed by atoms with E-state index in [4.69, 9.17) is 0 Å². The van der Waals surface area contributed by atoms with Crippen LogP contribution >= 0.6 is 0 Å². The average Bonchev–Trinajstić information content (AvgIpc) is 2.36. The Morgan fingerprint density at radius 1 is 1.28 bits per heavy atom. The molecule has 0 radical (unpaired) electrons. The maximum absolute atomic E-state index is 13.4. The second-order valence-electron chi connectivity index (χ2n) is 4.20. The van der Waals surface area contributed by atoms with Gasteiger partial charge in [-0.2, -0.15) is 0 Å². The number of carbonyl (C=O) groups excluding carboxylic acids is 1. The molecule has 0 fully saturated rings. The number of halogens is 2. The van der Waals surface area contributed by atoms with Gasteiger partial charge in [-0.05, 0) is 25.0 Å². The minimum absolute atomic E-state index is 0.276. The van der Waals surface area contributed by atoms with Gasteiger partial charge in [0.1, 0.15) is 17.2 Å². The maximum Gasteiger partial charge on any atom is 0.257 e. The number of aliphatic hydroxyl groups excluding tert-OH is 1. The summed E-state index contributed by atoms with van der Waals surface area (Å²) in [5.41, 5.74) is -1.46. The smallest absolute Gasteiger partial charge is 0.257 e. The molecule has 100 valence electrons. The number of carbonyl (C=O) groups is 1. The Morgan fingerprint density at radius 2 is 1.78 bits per heavy atom. The van der Waals surface area contributed by atoms with Crippen LogP contribution in [0.2, 0.25) is 0 Å². The van der Waals surface area contributed by atoms with Crippen molar-refractivity contribution in [1.29, 1.82) is 0 Å². The highest BCUT2D eigenvalue weighted by Crippen LogP contribution is 2.18. The van der Waals surface area contributed by atoms with Crippen molar-refractivity contribution >= 4 is 5.91 Å². The zero-order valence-electron chi connectivity index (χ0n) is 10.5. The topological polar surface area (TPSA) is 49.3 Å². The first-order valence-corrected chi connectivity index (χ1v) is 5.87. The van der Waals surface area contributed by atoms with Gasteiger partial charge in [0.25, 0.3) is 5.91 Å². The third-order valence-corrected chi connectivity index (χ3v) is 3.22. The fourth-order valence-electron chi connectivity index (χ4n) is 1.71. The molecule has 0 heterocycles. The molecule has 3 nitrogen and oxygen atoms in total. The SMILES string of the molecule is CCC(CC)(CO)NC(=O)c1c(F)cccc1F. The van der Waals surface area contributed by atoms with E-state index in [0.29, 0.717) is 12.8 Å². The van der Waals surface area contributed by atoms with Crippen LogP contribution in [0.1, 0.15) is 37.0 Å². The van der Waals surface area contributed by atoms with E-state index >= 15 is 0 Å². The number of benzene rings is 1. The highest BCUT2D eigenvalue weighted by atomic mass is 19.1. The quantitative estimate of drug-likeness (QED) is 0.850. The molecule has 0 saturated heterocycles. The van der Waals surface area contributed by atoms with Gasteiger partial charge >= 0.3 is 0 Å². The zero-order valence-corrected chi connectivity index (χ0v) is 10.5. The summed E-state index contributed by atoms with van der Waals surface area (Å²) in [4.78, 5) is 11.9. The number of hydrogen-bond donors (Lipinski definition) is 2. The van der Waals surface area contributed by atoms with E-state index in [1.807, 2.05) is 0 Å². The van der Waals surface area contributed by atoms with Crippen LogP contribution in [-0.4, -0.2) is 23.2 Å². The molecule has 0 spiro atoms. The molecule has 0 aromatic heterocycles. The second-order valence-corrected chi connectivity index (χ2v) is 4.20. The number of hydrogen-bond acceptors (Lipinski definition) is 2. The summed E-state index contributed by atoms with van der Waals surface area (Å²) in [6, 6.07) is 3.24. The van der Waals surface area contributed by atoms with E-state index in [2.05, 4.69) is 5.32 Å². The Hall–Kier alpha value is -1.49. The standard InChI is InChI=1S/C13H17F2NO2/c1-3-13(4-2,8-17)16-12(18)11-9(14)6-5-7-10(11)15/h5-7,17H,3-4,8H2,1-2H3,(H,16,18). The van der Waals surface area contributed by atoms with Gasteiger partial charge in [-0.3, -0.25) is 4.79 Å².